The molecule has 0 spiro atoms. The molecule has 1 aromatic heterocycles. The van der Waals surface area contributed by atoms with Crippen molar-refractivity contribution in [3.05, 3.63) is 70.5 Å². The van der Waals surface area contributed by atoms with Gasteiger partial charge in [0.2, 0.25) is 0 Å². The fourth-order valence-electron chi connectivity index (χ4n) is 6.82. The topological polar surface area (TPSA) is 242 Å². The van der Waals surface area contributed by atoms with E-state index in [0.29, 0.717) is 37.8 Å². The van der Waals surface area contributed by atoms with Gasteiger partial charge < -0.3 is 61.1 Å². The minimum Gasteiger partial charge on any atom is -0.484 e. The van der Waals surface area contributed by atoms with Crippen molar-refractivity contribution in [1.82, 2.24) is 25.9 Å². The van der Waals surface area contributed by atoms with Gasteiger partial charge in [-0.05, 0) is 61.1 Å². The molecule has 2 aromatic carbocycles. The molecule has 1 atom stereocenters. The minimum atomic E-state index is -0.435. The first-order valence-corrected chi connectivity index (χ1v) is 20.1. The number of nitrogen functional groups attached to an aromatic ring is 2. The van der Waals surface area contributed by atoms with Crippen LogP contribution in [0.5, 0.6) is 11.5 Å². The molecular weight excluding hydrogens is 772 g/mol. The number of carbonyl (C=O) groups excluding carboxylic acids is 3. The fourth-order valence-corrected chi connectivity index (χ4v) is 6.95. The fraction of sp³-hybridized carbons (Fsp3) is 0.525. The van der Waals surface area contributed by atoms with Crippen LogP contribution in [-0.2, 0) is 31.9 Å². The number of aliphatic hydroxyl groups is 2. The Labute approximate surface area is 344 Å². The summed E-state index contributed by atoms with van der Waals surface area (Å²) in [5.41, 5.74) is 14.0. The second-order valence-electron chi connectivity index (χ2n) is 14.1. The van der Waals surface area contributed by atoms with Gasteiger partial charge in [0.05, 0.1) is 71.9 Å². The number of nitrogens with one attached hydrogen (secondary N) is 3. The monoisotopic (exact) mass is 829 g/mol. The largest absolute Gasteiger partial charge is 0.484 e. The zero-order chi connectivity index (χ0) is 41.6. The van der Waals surface area contributed by atoms with Crippen LogP contribution in [0.1, 0.15) is 47.3 Å². The molecule has 3 amide bonds. The smallest absolute Gasteiger partial charge is 0.274 e. The highest BCUT2D eigenvalue weighted by Gasteiger charge is 2.35. The number of quaternary nitrogens is 1. The molecule has 1 unspecified atom stereocenters. The SMILES string of the molecule is Nc1nc(N)c(C(=O)NC2CCC[N+](CCCc3ccc(OCC(=O)NCCOCCO)cc3)(CCCc3ccc(OCC(=O)NCCOCCO)cc3)C2)nc1Cl. The van der Waals surface area contributed by atoms with Gasteiger partial charge in [0, 0.05) is 25.9 Å². The molecule has 0 radical (unpaired) electrons. The van der Waals surface area contributed by atoms with Crippen molar-refractivity contribution >= 4 is 41.0 Å². The molecule has 18 heteroatoms. The molecule has 1 fully saturated rings. The summed E-state index contributed by atoms with van der Waals surface area (Å²) < 4.78 is 22.4. The number of anilines is 2. The first-order valence-electron chi connectivity index (χ1n) is 19.7. The number of nitrogens with two attached hydrogens (primary N) is 2. The zero-order valence-electron chi connectivity index (χ0n) is 33.0. The molecule has 58 heavy (non-hydrogen) atoms. The summed E-state index contributed by atoms with van der Waals surface area (Å²) in [5, 5.41) is 26.0. The average molecular weight is 830 g/mol. The standard InChI is InChI=1S/C40H57ClN8O9/c41-37-39(43)48-38(42)36(47-37)40(54)46-31-6-3-19-49(26-31,17-1-4-29-7-11-32(12-8-29)57-27-34(52)44-15-22-55-24-20-50)18-2-5-30-9-13-33(14-10-30)58-28-35(53)45-16-23-56-25-21-51/h7-14,31,50-51H,1-6,15-28H2,(H6-,42,43,44,45,46,48,52,53,54)/p+1. The summed E-state index contributed by atoms with van der Waals surface area (Å²) in [6.45, 7) is 4.97. The van der Waals surface area contributed by atoms with E-state index in [-0.39, 0.29) is 80.0 Å². The van der Waals surface area contributed by atoms with E-state index in [1.54, 1.807) is 0 Å². The number of amides is 3. The lowest BCUT2D eigenvalue weighted by atomic mass is 9.99. The number of hydrogen-bond acceptors (Lipinski definition) is 13. The number of benzene rings is 2. The summed E-state index contributed by atoms with van der Waals surface area (Å²) in [7, 11) is 0. The van der Waals surface area contributed by atoms with Gasteiger partial charge in [-0.15, -0.1) is 0 Å². The van der Waals surface area contributed by atoms with Crippen molar-refractivity contribution in [1.29, 1.82) is 0 Å². The van der Waals surface area contributed by atoms with Crippen LogP contribution in [0.15, 0.2) is 48.5 Å². The first kappa shape index (κ1) is 45.9. The van der Waals surface area contributed by atoms with Gasteiger partial charge in [0.25, 0.3) is 17.7 Å². The van der Waals surface area contributed by atoms with E-state index < -0.39 is 5.91 Å². The third kappa shape index (κ3) is 16.2. The van der Waals surface area contributed by atoms with E-state index in [2.05, 4.69) is 25.9 Å². The van der Waals surface area contributed by atoms with Crippen LogP contribution in [0, 0.1) is 0 Å². The maximum atomic E-state index is 13.3. The molecule has 318 valence electrons. The van der Waals surface area contributed by atoms with Crippen LogP contribution >= 0.6 is 11.6 Å². The predicted molar refractivity (Wildman–Crippen MR) is 218 cm³/mol. The van der Waals surface area contributed by atoms with Gasteiger partial charge in [0.15, 0.2) is 35.7 Å². The van der Waals surface area contributed by atoms with Crippen molar-refractivity contribution in [2.75, 3.05) is 104 Å². The number of aryl methyl sites for hydroxylation is 2. The van der Waals surface area contributed by atoms with Gasteiger partial charge in [-0.3, -0.25) is 14.4 Å². The number of hydrogen-bond donors (Lipinski definition) is 7. The van der Waals surface area contributed by atoms with Gasteiger partial charge >= 0.3 is 0 Å². The molecule has 0 saturated carbocycles. The number of aromatic nitrogens is 2. The number of aliphatic hydroxyl groups excluding tert-OH is 2. The van der Waals surface area contributed by atoms with Gasteiger partial charge in [-0.25, -0.2) is 9.97 Å². The van der Waals surface area contributed by atoms with Crippen LogP contribution < -0.4 is 36.9 Å². The van der Waals surface area contributed by atoms with Crippen LogP contribution in [0.3, 0.4) is 0 Å². The number of ether oxygens (including phenoxy) is 4. The molecule has 0 bridgehead atoms. The Balaban J connectivity index is 1.31. The second kappa shape index (κ2) is 24.9. The van der Waals surface area contributed by atoms with Gasteiger partial charge in [-0.2, -0.15) is 0 Å². The number of halogens is 1. The molecule has 3 aromatic rings. The quantitative estimate of drug-likeness (QED) is 0.0446. The Morgan fingerprint density at radius 3 is 1.78 bits per heavy atom. The van der Waals surface area contributed by atoms with E-state index >= 15 is 0 Å². The van der Waals surface area contributed by atoms with E-state index in [0.717, 1.165) is 80.3 Å². The first-order chi connectivity index (χ1) is 28.1. The second-order valence-corrected chi connectivity index (χ2v) is 14.4. The molecule has 2 heterocycles. The molecule has 1 aliphatic rings. The number of piperidine rings is 1. The molecule has 1 saturated heterocycles. The summed E-state index contributed by atoms with van der Waals surface area (Å²) in [5.74, 6) is 0.154. The number of rotatable bonds is 26. The number of nitrogens with zero attached hydrogens (tertiary/aromatic N) is 3. The minimum absolute atomic E-state index is 0.0331. The Bertz CT molecular complexity index is 1640. The van der Waals surface area contributed by atoms with Crippen molar-refractivity contribution in [3.8, 4) is 11.5 Å². The maximum Gasteiger partial charge on any atom is 0.274 e. The van der Waals surface area contributed by atoms with Crippen molar-refractivity contribution < 1.29 is 48.0 Å². The lowest BCUT2D eigenvalue weighted by Gasteiger charge is -2.45. The van der Waals surface area contributed by atoms with Gasteiger partial charge in [0.1, 0.15) is 11.5 Å². The lowest BCUT2D eigenvalue weighted by molar-refractivity contribution is -0.933. The highest BCUT2D eigenvalue weighted by Crippen LogP contribution is 2.25. The predicted octanol–water partition coefficient (Wildman–Crippen LogP) is 1.28. The molecule has 9 N–H and O–H groups in total. The molecule has 0 aliphatic carbocycles. The van der Waals surface area contributed by atoms with E-state index in [9.17, 15) is 14.4 Å². The van der Waals surface area contributed by atoms with Crippen LogP contribution in [0.25, 0.3) is 0 Å². The third-order valence-electron chi connectivity index (χ3n) is 9.64. The number of carbonyl (C=O) groups is 3. The van der Waals surface area contributed by atoms with Gasteiger partial charge in [-0.1, -0.05) is 35.9 Å². The van der Waals surface area contributed by atoms with Crippen molar-refractivity contribution in [2.24, 2.45) is 0 Å². The van der Waals surface area contributed by atoms with E-state index in [4.69, 9.17) is 52.2 Å². The summed E-state index contributed by atoms with van der Waals surface area (Å²) in [6, 6.07) is 15.4. The Morgan fingerprint density at radius 2 is 1.28 bits per heavy atom. The van der Waals surface area contributed by atoms with Crippen LogP contribution in [0.4, 0.5) is 11.6 Å². The maximum absolute atomic E-state index is 13.3. The number of likely N-dealkylation sites (tertiary alicyclic amines) is 1. The highest BCUT2D eigenvalue weighted by molar-refractivity contribution is 6.31. The Kier molecular flexibility index (Phi) is 19.7. The van der Waals surface area contributed by atoms with Crippen LogP contribution in [-0.4, -0.2) is 141 Å². The van der Waals surface area contributed by atoms with Crippen molar-refractivity contribution in [2.45, 2.75) is 44.6 Å². The highest BCUT2D eigenvalue weighted by atomic mass is 35.5. The normalized spacial score (nSPS) is 14.7. The molecule has 17 nitrogen and oxygen atoms in total. The van der Waals surface area contributed by atoms with E-state index in [1.807, 2.05) is 48.5 Å². The third-order valence-corrected chi connectivity index (χ3v) is 9.92. The lowest BCUT2D eigenvalue weighted by Crippen LogP contribution is -2.60. The molecular formula is C40H58ClN8O9+. The summed E-state index contributed by atoms with van der Waals surface area (Å²) in [6.07, 6.45) is 5.28. The molecule has 1 aliphatic heterocycles. The summed E-state index contributed by atoms with van der Waals surface area (Å²) in [4.78, 5) is 45.5. The van der Waals surface area contributed by atoms with Crippen molar-refractivity contribution in [3.63, 3.8) is 0 Å². The molecule has 4 rings (SSSR count). The summed E-state index contributed by atoms with van der Waals surface area (Å²) >= 11 is 6.06. The average Bonchev–Trinajstić information content (AvgIpc) is 3.21. The Hall–Kier alpha value is -4.78. The zero-order valence-corrected chi connectivity index (χ0v) is 33.7. The van der Waals surface area contributed by atoms with Crippen LogP contribution in [0.2, 0.25) is 5.15 Å². The van der Waals surface area contributed by atoms with E-state index in [1.165, 1.54) is 0 Å². The Morgan fingerprint density at radius 1 is 0.759 bits per heavy atom.